The van der Waals surface area contributed by atoms with Crippen LogP contribution in [0.15, 0.2) is 6.07 Å². The number of aliphatic carboxylic acids is 1. The SMILES string of the molecule is Cc1cc(C)n(CC(=O)N2CCC3(CC2)CC3C(=O)O)n1. The molecule has 2 fully saturated rings. The highest BCUT2D eigenvalue weighted by molar-refractivity contribution is 5.77. The molecule has 6 nitrogen and oxygen atoms in total. The van der Waals surface area contributed by atoms with Crippen molar-refractivity contribution in [3.8, 4) is 0 Å². The topological polar surface area (TPSA) is 75.4 Å². The highest BCUT2D eigenvalue weighted by Crippen LogP contribution is 2.59. The number of nitrogens with zero attached hydrogens (tertiary/aromatic N) is 3. The van der Waals surface area contributed by atoms with E-state index < -0.39 is 5.97 Å². The van der Waals surface area contributed by atoms with Crippen LogP contribution in [0.3, 0.4) is 0 Å². The number of carboxylic acid groups (broad SMARTS) is 1. The van der Waals surface area contributed by atoms with Crippen LogP contribution in [0.4, 0.5) is 0 Å². The van der Waals surface area contributed by atoms with Gasteiger partial charge in [-0.25, -0.2) is 0 Å². The molecule has 1 saturated heterocycles. The molecule has 6 heteroatoms. The molecule has 1 aromatic heterocycles. The minimum atomic E-state index is -0.683. The Hall–Kier alpha value is -1.85. The number of aryl methyl sites for hydroxylation is 2. The minimum absolute atomic E-state index is 0.0270. The van der Waals surface area contributed by atoms with E-state index in [2.05, 4.69) is 5.10 Å². The second-order valence-corrected chi connectivity index (χ2v) is 6.42. The van der Waals surface area contributed by atoms with Gasteiger partial charge in [0.05, 0.1) is 11.6 Å². The van der Waals surface area contributed by atoms with Crippen molar-refractivity contribution in [2.75, 3.05) is 13.1 Å². The second kappa shape index (κ2) is 4.86. The van der Waals surface area contributed by atoms with Gasteiger partial charge in [0.25, 0.3) is 0 Å². The van der Waals surface area contributed by atoms with Gasteiger partial charge in [-0.05, 0) is 44.6 Å². The zero-order valence-corrected chi connectivity index (χ0v) is 12.5. The van der Waals surface area contributed by atoms with Crippen LogP contribution in [0, 0.1) is 25.2 Å². The van der Waals surface area contributed by atoms with E-state index in [9.17, 15) is 9.59 Å². The van der Waals surface area contributed by atoms with Crippen LogP contribution in [0.2, 0.25) is 0 Å². The number of hydrogen-bond acceptors (Lipinski definition) is 3. The molecule has 114 valence electrons. The van der Waals surface area contributed by atoms with E-state index in [0.29, 0.717) is 13.1 Å². The first-order valence-corrected chi connectivity index (χ1v) is 7.43. The highest BCUT2D eigenvalue weighted by atomic mass is 16.4. The van der Waals surface area contributed by atoms with Gasteiger partial charge in [0.1, 0.15) is 6.54 Å². The van der Waals surface area contributed by atoms with Crippen molar-refractivity contribution in [1.82, 2.24) is 14.7 Å². The molecular formula is C15H21N3O3. The Morgan fingerprint density at radius 2 is 2.05 bits per heavy atom. The molecule has 2 aliphatic rings. The molecule has 1 atom stereocenters. The molecule has 21 heavy (non-hydrogen) atoms. The van der Waals surface area contributed by atoms with Crippen molar-refractivity contribution in [2.45, 2.75) is 39.7 Å². The molecule has 1 spiro atoms. The Labute approximate surface area is 123 Å². The van der Waals surface area contributed by atoms with Crippen LogP contribution in [0.25, 0.3) is 0 Å². The number of carbonyl (C=O) groups excluding carboxylic acids is 1. The normalized spacial score (nSPS) is 23.3. The van der Waals surface area contributed by atoms with Crippen molar-refractivity contribution in [3.05, 3.63) is 17.5 Å². The van der Waals surface area contributed by atoms with Crippen LogP contribution in [0.1, 0.15) is 30.7 Å². The van der Waals surface area contributed by atoms with Gasteiger partial charge in [0, 0.05) is 18.8 Å². The van der Waals surface area contributed by atoms with Crippen molar-refractivity contribution in [1.29, 1.82) is 0 Å². The molecule has 3 rings (SSSR count). The third kappa shape index (κ3) is 2.54. The van der Waals surface area contributed by atoms with Gasteiger partial charge in [0.2, 0.25) is 5.91 Å². The standard InChI is InChI=1S/C15H21N3O3/c1-10-7-11(2)18(16-10)9-13(19)17-5-3-15(4-6-17)8-12(15)14(20)21/h7,12H,3-6,8-9H2,1-2H3,(H,20,21). The molecule has 1 aliphatic heterocycles. The first-order chi connectivity index (χ1) is 9.91. The first-order valence-electron chi connectivity index (χ1n) is 7.43. The molecule has 1 amide bonds. The van der Waals surface area contributed by atoms with Gasteiger partial charge in [-0.3, -0.25) is 14.3 Å². The number of likely N-dealkylation sites (tertiary alicyclic amines) is 1. The van der Waals surface area contributed by atoms with Gasteiger partial charge >= 0.3 is 5.97 Å². The predicted molar refractivity (Wildman–Crippen MR) is 75.7 cm³/mol. The third-order valence-electron chi connectivity index (χ3n) is 4.99. The molecule has 0 radical (unpaired) electrons. The zero-order valence-electron chi connectivity index (χ0n) is 12.5. The van der Waals surface area contributed by atoms with E-state index in [1.165, 1.54) is 0 Å². The number of carbonyl (C=O) groups is 2. The van der Waals surface area contributed by atoms with E-state index in [1.807, 2.05) is 24.8 Å². The summed E-state index contributed by atoms with van der Waals surface area (Å²) in [5, 5.41) is 13.4. The molecule has 1 N–H and O–H groups in total. The molecule has 2 heterocycles. The lowest BCUT2D eigenvalue weighted by Gasteiger charge is -2.32. The lowest BCUT2D eigenvalue weighted by Crippen LogP contribution is -2.41. The van der Waals surface area contributed by atoms with E-state index >= 15 is 0 Å². The van der Waals surface area contributed by atoms with E-state index in [0.717, 1.165) is 30.7 Å². The quantitative estimate of drug-likeness (QED) is 0.908. The number of rotatable bonds is 3. The maximum atomic E-state index is 12.3. The molecule has 0 aromatic carbocycles. The fraction of sp³-hybridized carbons (Fsp3) is 0.667. The summed E-state index contributed by atoms with van der Waals surface area (Å²) in [5.74, 6) is -0.799. The maximum Gasteiger partial charge on any atom is 0.307 e. The lowest BCUT2D eigenvalue weighted by atomic mass is 9.91. The summed E-state index contributed by atoms with van der Waals surface area (Å²) in [5.41, 5.74) is 1.88. The second-order valence-electron chi connectivity index (χ2n) is 6.42. The van der Waals surface area contributed by atoms with Gasteiger partial charge in [-0.15, -0.1) is 0 Å². The van der Waals surface area contributed by atoms with Crippen molar-refractivity contribution in [2.24, 2.45) is 11.3 Å². The fourth-order valence-electron chi connectivity index (χ4n) is 3.51. The minimum Gasteiger partial charge on any atom is -0.481 e. The monoisotopic (exact) mass is 291 g/mol. The Morgan fingerprint density at radius 1 is 1.38 bits per heavy atom. The van der Waals surface area contributed by atoms with Crippen LogP contribution < -0.4 is 0 Å². The van der Waals surface area contributed by atoms with E-state index in [4.69, 9.17) is 5.11 Å². The third-order valence-corrected chi connectivity index (χ3v) is 4.99. The van der Waals surface area contributed by atoms with Crippen LogP contribution in [-0.4, -0.2) is 44.8 Å². The molecule has 1 saturated carbocycles. The fourth-order valence-corrected chi connectivity index (χ4v) is 3.51. The van der Waals surface area contributed by atoms with Crippen molar-refractivity contribution >= 4 is 11.9 Å². The summed E-state index contributed by atoms with van der Waals surface area (Å²) in [7, 11) is 0. The summed E-state index contributed by atoms with van der Waals surface area (Å²) in [6.07, 6.45) is 2.40. The number of piperidine rings is 1. The Bertz CT molecular complexity index is 585. The summed E-state index contributed by atoms with van der Waals surface area (Å²) in [4.78, 5) is 25.2. The van der Waals surface area contributed by atoms with E-state index in [-0.39, 0.29) is 23.8 Å². The van der Waals surface area contributed by atoms with Crippen molar-refractivity contribution < 1.29 is 14.7 Å². The maximum absolute atomic E-state index is 12.3. The van der Waals surface area contributed by atoms with Crippen molar-refractivity contribution in [3.63, 3.8) is 0 Å². The number of aromatic nitrogens is 2. The Morgan fingerprint density at radius 3 is 2.52 bits per heavy atom. The van der Waals surface area contributed by atoms with Crippen LogP contribution in [0.5, 0.6) is 0 Å². The molecule has 1 aliphatic carbocycles. The molecule has 0 bridgehead atoms. The number of hydrogen-bond donors (Lipinski definition) is 1. The van der Waals surface area contributed by atoms with Crippen LogP contribution >= 0.6 is 0 Å². The van der Waals surface area contributed by atoms with Gasteiger partial charge in [-0.2, -0.15) is 5.10 Å². The first kappa shape index (κ1) is 14.1. The van der Waals surface area contributed by atoms with E-state index in [1.54, 1.807) is 4.68 Å². The van der Waals surface area contributed by atoms with Gasteiger partial charge < -0.3 is 10.0 Å². The average Bonchev–Trinajstić information content (AvgIpc) is 3.03. The number of carboxylic acids is 1. The largest absolute Gasteiger partial charge is 0.481 e. The Balaban J connectivity index is 1.56. The smallest absolute Gasteiger partial charge is 0.307 e. The molecular weight excluding hydrogens is 270 g/mol. The molecule has 1 aromatic rings. The Kier molecular flexibility index (Phi) is 3.26. The van der Waals surface area contributed by atoms with Gasteiger partial charge in [-0.1, -0.05) is 0 Å². The summed E-state index contributed by atoms with van der Waals surface area (Å²) in [6.45, 7) is 5.47. The van der Waals surface area contributed by atoms with Crippen LogP contribution in [-0.2, 0) is 16.1 Å². The lowest BCUT2D eigenvalue weighted by molar-refractivity contribution is -0.140. The van der Waals surface area contributed by atoms with Gasteiger partial charge in [0.15, 0.2) is 0 Å². The predicted octanol–water partition coefficient (Wildman–Crippen LogP) is 1.21. The molecule has 1 unspecified atom stereocenters. The number of amides is 1. The summed E-state index contributed by atoms with van der Waals surface area (Å²) >= 11 is 0. The summed E-state index contributed by atoms with van der Waals surface area (Å²) in [6, 6.07) is 1.96. The highest BCUT2D eigenvalue weighted by Gasteiger charge is 2.59. The zero-order chi connectivity index (χ0) is 15.2. The average molecular weight is 291 g/mol. The summed E-state index contributed by atoms with van der Waals surface area (Å²) < 4.78 is 1.74.